The van der Waals surface area contributed by atoms with Gasteiger partial charge >= 0.3 is 5.97 Å². The van der Waals surface area contributed by atoms with Crippen LogP contribution in [0.15, 0.2) is 42.6 Å². The van der Waals surface area contributed by atoms with Crippen molar-refractivity contribution in [2.24, 2.45) is 5.73 Å². The number of benzene rings is 1. The lowest BCUT2D eigenvalue weighted by Gasteiger charge is -2.18. The van der Waals surface area contributed by atoms with Crippen LogP contribution in [0.4, 0.5) is 5.82 Å². The highest BCUT2D eigenvalue weighted by Gasteiger charge is 2.23. The zero-order valence-corrected chi connectivity index (χ0v) is 12.1. The van der Waals surface area contributed by atoms with E-state index >= 15 is 0 Å². The number of carbonyl (C=O) groups excluding carboxylic acids is 1. The van der Waals surface area contributed by atoms with E-state index in [4.69, 9.17) is 22.7 Å². The van der Waals surface area contributed by atoms with Gasteiger partial charge in [-0.2, -0.15) is 5.10 Å². The predicted octanol–water partition coefficient (Wildman–Crippen LogP) is 1.44. The van der Waals surface area contributed by atoms with Crippen LogP contribution in [0.3, 0.4) is 0 Å². The Morgan fingerprint density at radius 2 is 2.05 bits per heavy atom. The Bertz CT molecular complexity index is 648. The second-order valence-corrected chi connectivity index (χ2v) is 4.61. The minimum Gasteiger partial charge on any atom is -0.467 e. The molecule has 0 radical (unpaired) electrons. The van der Waals surface area contributed by atoms with Crippen LogP contribution >= 0.6 is 12.2 Å². The smallest absolute Gasteiger partial charge is 0.333 e. The number of nitrogens with one attached hydrogen (secondary N) is 1. The summed E-state index contributed by atoms with van der Waals surface area (Å²) in [5.74, 6) is -0.106. The number of aromatic nitrogens is 2. The second kappa shape index (κ2) is 6.76. The summed E-state index contributed by atoms with van der Waals surface area (Å²) in [6, 6.07) is 10.1. The van der Waals surface area contributed by atoms with Gasteiger partial charge in [0.15, 0.2) is 11.9 Å². The molecule has 6 nitrogen and oxygen atoms in total. The third-order valence-corrected chi connectivity index (χ3v) is 3.06. The van der Waals surface area contributed by atoms with Crippen molar-refractivity contribution >= 4 is 29.0 Å². The van der Waals surface area contributed by atoms with Crippen LogP contribution < -0.4 is 11.1 Å². The van der Waals surface area contributed by atoms with Gasteiger partial charge in [-0.15, -0.1) is 5.10 Å². The molecule has 0 aliphatic rings. The van der Waals surface area contributed by atoms with E-state index in [0.717, 1.165) is 5.56 Å². The molecule has 3 N–H and O–H groups in total. The Hall–Kier alpha value is -2.54. The summed E-state index contributed by atoms with van der Waals surface area (Å²) in [4.78, 5) is 12.2. The van der Waals surface area contributed by atoms with Crippen LogP contribution in [0, 0.1) is 0 Å². The van der Waals surface area contributed by atoms with Crippen molar-refractivity contribution in [2.45, 2.75) is 6.04 Å². The molecule has 0 aliphatic heterocycles. The van der Waals surface area contributed by atoms with Crippen LogP contribution in [0.1, 0.15) is 17.2 Å². The first-order valence-corrected chi connectivity index (χ1v) is 6.55. The summed E-state index contributed by atoms with van der Waals surface area (Å²) in [5, 5.41) is 10.7. The Morgan fingerprint density at radius 1 is 1.33 bits per heavy atom. The molecule has 0 amide bonds. The van der Waals surface area contributed by atoms with Crippen LogP contribution in [0.5, 0.6) is 0 Å². The molecule has 1 aromatic carbocycles. The summed E-state index contributed by atoms with van der Waals surface area (Å²) in [6.07, 6.45) is 1.48. The van der Waals surface area contributed by atoms with Crippen LogP contribution in [-0.2, 0) is 9.53 Å². The third kappa shape index (κ3) is 3.51. The molecular formula is C14H14N4O2S. The summed E-state index contributed by atoms with van der Waals surface area (Å²) >= 11 is 4.97. The maximum atomic E-state index is 12.0. The second-order valence-electron chi connectivity index (χ2n) is 4.17. The van der Waals surface area contributed by atoms with E-state index in [1.54, 1.807) is 6.07 Å². The zero-order chi connectivity index (χ0) is 15.2. The number of rotatable bonds is 5. The predicted molar refractivity (Wildman–Crippen MR) is 82.7 cm³/mol. The standard InChI is InChI=1S/C14H14N4O2S/c1-20-14(19)11(9-5-3-2-4-6-9)17-13-10(12(15)21)7-8-16-18-13/h2-8,11H,1H3,(H2,15,21)(H,17,18). The highest BCUT2D eigenvalue weighted by atomic mass is 32.1. The van der Waals surface area contributed by atoms with Gasteiger partial charge in [-0.1, -0.05) is 42.5 Å². The van der Waals surface area contributed by atoms with Gasteiger partial charge in [-0.05, 0) is 11.6 Å². The fraction of sp³-hybridized carbons (Fsp3) is 0.143. The van der Waals surface area contributed by atoms with Gasteiger partial charge in [0.25, 0.3) is 0 Å². The lowest BCUT2D eigenvalue weighted by Crippen LogP contribution is -2.25. The summed E-state index contributed by atoms with van der Waals surface area (Å²) < 4.78 is 4.83. The topological polar surface area (TPSA) is 90.1 Å². The number of methoxy groups -OCH3 is 1. The van der Waals surface area contributed by atoms with E-state index in [1.165, 1.54) is 13.3 Å². The van der Waals surface area contributed by atoms with Crippen molar-refractivity contribution < 1.29 is 9.53 Å². The van der Waals surface area contributed by atoms with Crippen molar-refractivity contribution in [2.75, 3.05) is 12.4 Å². The number of hydrogen-bond donors (Lipinski definition) is 2. The van der Waals surface area contributed by atoms with Crippen molar-refractivity contribution in [1.82, 2.24) is 10.2 Å². The Balaban J connectivity index is 2.37. The first-order chi connectivity index (χ1) is 10.1. The molecule has 21 heavy (non-hydrogen) atoms. The minimum absolute atomic E-state index is 0.170. The van der Waals surface area contributed by atoms with Gasteiger partial charge in [0.2, 0.25) is 0 Å². The molecule has 2 aromatic rings. The molecule has 1 atom stereocenters. The van der Waals surface area contributed by atoms with Gasteiger partial charge in [0.05, 0.1) is 18.9 Å². The number of hydrogen-bond acceptors (Lipinski definition) is 6. The number of nitrogens with zero attached hydrogens (tertiary/aromatic N) is 2. The molecule has 7 heteroatoms. The van der Waals surface area contributed by atoms with E-state index in [2.05, 4.69) is 15.5 Å². The molecule has 0 bridgehead atoms. The maximum Gasteiger partial charge on any atom is 0.333 e. The van der Waals surface area contributed by atoms with Crippen LogP contribution in [0.25, 0.3) is 0 Å². The largest absolute Gasteiger partial charge is 0.467 e. The lowest BCUT2D eigenvalue weighted by molar-refractivity contribution is -0.141. The average Bonchev–Trinajstić information content (AvgIpc) is 2.53. The van der Waals surface area contributed by atoms with E-state index in [9.17, 15) is 4.79 Å². The normalized spacial score (nSPS) is 11.5. The molecule has 0 saturated heterocycles. The molecular weight excluding hydrogens is 288 g/mol. The summed E-state index contributed by atoms with van der Waals surface area (Å²) in [7, 11) is 1.32. The first-order valence-electron chi connectivity index (χ1n) is 6.14. The molecule has 1 aromatic heterocycles. The Labute approximate surface area is 127 Å². The third-order valence-electron chi connectivity index (χ3n) is 2.84. The van der Waals surface area contributed by atoms with Gasteiger partial charge in [0.1, 0.15) is 4.99 Å². The fourth-order valence-electron chi connectivity index (χ4n) is 1.82. The van der Waals surface area contributed by atoms with Crippen molar-refractivity contribution in [1.29, 1.82) is 0 Å². The molecule has 1 heterocycles. The summed E-state index contributed by atoms with van der Waals surface area (Å²) in [6.45, 7) is 0. The average molecular weight is 302 g/mol. The minimum atomic E-state index is -0.721. The molecule has 0 saturated carbocycles. The highest BCUT2D eigenvalue weighted by Crippen LogP contribution is 2.21. The van der Waals surface area contributed by atoms with Crippen molar-refractivity contribution in [3.63, 3.8) is 0 Å². The molecule has 0 fully saturated rings. The van der Waals surface area contributed by atoms with Crippen molar-refractivity contribution in [3.05, 3.63) is 53.7 Å². The van der Waals surface area contributed by atoms with E-state index < -0.39 is 12.0 Å². The summed E-state index contributed by atoms with van der Waals surface area (Å²) in [5.41, 5.74) is 6.90. The van der Waals surface area contributed by atoms with Gasteiger partial charge in [-0.3, -0.25) is 0 Å². The first kappa shape index (κ1) is 14.9. The van der Waals surface area contributed by atoms with E-state index in [0.29, 0.717) is 11.4 Å². The number of carbonyl (C=O) groups is 1. The fourth-order valence-corrected chi connectivity index (χ4v) is 1.98. The van der Waals surface area contributed by atoms with Gasteiger partial charge in [-0.25, -0.2) is 4.79 Å². The van der Waals surface area contributed by atoms with Crippen LogP contribution in [-0.4, -0.2) is 28.3 Å². The Kier molecular flexibility index (Phi) is 4.78. The number of nitrogens with two attached hydrogens (primary N) is 1. The van der Waals surface area contributed by atoms with E-state index in [-0.39, 0.29) is 4.99 Å². The molecule has 0 aliphatic carbocycles. The van der Waals surface area contributed by atoms with Gasteiger partial charge < -0.3 is 15.8 Å². The highest BCUT2D eigenvalue weighted by molar-refractivity contribution is 7.80. The quantitative estimate of drug-likeness (QED) is 0.638. The molecule has 2 rings (SSSR count). The zero-order valence-electron chi connectivity index (χ0n) is 11.3. The van der Waals surface area contributed by atoms with Crippen molar-refractivity contribution in [3.8, 4) is 0 Å². The number of ether oxygens (including phenoxy) is 1. The molecule has 108 valence electrons. The monoisotopic (exact) mass is 302 g/mol. The Morgan fingerprint density at radius 3 is 2.67 bits per heavy atom. The van der Waals surface area contributed by atoms with Gasteiger partial charge in [0, 0.05) is 0 Å². The maximum absolute atomic E-state index is 12.0. The number of thiocarbonyl (C=S) groups is 1. The van der Waals surface area contributed by atoms with E-state index in [1.807, 2.05) is 30.3 Å². The molecule has 1 unspecified atom stereocenters. The lowest BCUT2D eigenvalue weighted by atomic mass is 10.1. The SMILES string of the molecule is COC(=O)C(Nc1nnccc1C(N)=S)c1ccccc1. The molecule has 0 spiro atoms. The number of esters is 1. The number of anilines is 1. The van der Waals surface area contributed by atoms with Crippen LogP contribution in [0.2, 0.25) is 0 Å².